The van der Waals surface area contributed by atoms with E-state index in [1.54, 1.807) is 11.8 Å². The van der Waals surface area contributed by atoms with Gasteiger partial charge in [-0.3, -0.25) is 9.59 Å². The third-order valence-corrected chi connectivity index (χ3v) is 5.35. The molecule has 1 saturated heterocycles. The van der Waals surface area contributed by atoms with E-state index in [0.717, 1.165) is 41.3 Å². The molecule has 1 fully saturated rings. The number of para-hydroxylation sites is 2. The Morgan fingerprint density at radius 2 is 1.79 bits per heavy atom. The Morgan fingerprint density at radius 1 is 1.07 bits per heavy atom. The number of aryl methyl sites for hydroxylation is 1. The van der Waals surface area contributed by atoms with Crippen LogP contribution in [0, 0.1) is 13.8 Å². The molecule has 0 unspecified atom stereocenters. The summed E-state index contributed by atoms with van der Waals surface area (Å²) >= 11 is 0. The lowest BCUT2D eigenvalue weighted by Gasteiger charge is -2.33. The number of hydrogen-bond acceptors (Lipinski definition) is 4. The van der Waals surface area contributed by atoms with Gasteiger partial charge in [-0.2, -0.15) is 0 Å². The third-order valence-electron chi connectivity index (χ3n) is 5.35. The van der Waals surface area contributed by atoms with Crippen molar-refractivity contribution in [3.8, 4) is 0 Å². The Hall–Kier alpha value is -2.86. The monoisotopic (exact) mass is 395 g/mol. The fourth-order valence-electron chi connectivity index (χ4n) is 3.52. The maximum atomic E-state index is 12.5. The number of carbonyl (C=O) groups is 2. The third kappa shape index (κ3) is 5.15. The number of nitrogens with one attached hydrogen (secondary N) is 1. The van der Waals surface area contributed by atoms with E-state index in [2.05, 4.69) is 10.2 Å². The van der Waals surface area contributed by atoms with Crippen molar-refractivity contribution < 1.29 is 14.3 Å². The van der Waals surface area contributed by atoms with Crippen molar-refractivity contribution in [1.29, 1.82) is 0 Å². The van der Waals surface area contributed by atoms with Crippen molar-refractivity contribution in [3.05, 3.63) is 53.6 Å². The first-order chi connectivity index (χ1) is 14.0. The van der Waals surface area contributed by atoms with E-state index < -0.39 is 0 Å². The molecule has 29 heavy (non-hydrogen) atoms. The molecule has 0 saturated carbocycles. The molecular weight excluding hydrogens is 366 g/mol. The van der Waals surface area contributed by atoms with Crippen LogP contribution in [0.2, 0.25) is 0 Å². The summed E-state index contributed by atoms with van der Waals surface area (Å²) in [7, 11) is 0. The van der Waals surface area contributed by atoms with Crippen molar-refractivity contribution in [2.75, 3.05) is 48.0 Å². The number of morpholine rings is 1. The summed E-state index contributed by atoms with van der Waals surface area (Å²) in [6, 6.07) is 13.7. The lowest BCUT2D eigenvalue weighted by Crippen LogP contribution is -2.39. The van der Waals surface area contributed by atoms with E-state index in [1.807, 2.05) is 56.3 Å². The number of carbonyl (C=O) groups excluding carboxylic acids is 2. The Morgan fingerprint density at radius 3 is 2.52 bits per heavy atom. The van der Waals surface area contributed by atoms with Crippen molar-refractivity contribution in [2.45, 2.75) is 27.2 Å². The zero-order valence-electron chi connectivity index (χ0n) is 17.4. The molecule has 1 N–H and O–H groups in total. The van der Waals surface area contributed by atoms with E-state index in [4.69, 9.17) is 4.74 Å². The van der Waals surface area contributed by atoms with Crippen LogP contribution in [-0.2, 0) is 14.3 Å². The zero-order valence-corrected chi connectivity index (χ0v) is 17.4. The molecule has 1 aliphatic heterocycles. The van der Waals surface area contributed by atoms with Gasteiger partial charge in [-0.15, -0.1) is 0 Å². The van der Waals surface area contributed by atoms with E-state index in [0.29, 0.717) is 19.8 Å². The molecule has 2 amide bonds. The molecule has 2 aromatic rings. The summed E-state index contributed by atoms with van der Waals surface area (Å²) in [5.74, 6) is -0.181. The quantitative estimate of drug-likeness (QED) is 0.813. The molecular formula is C23H29N3O3. The zero-order chi connectivity index (χ0) is 20.8. The number of hydrogen-bond donors (Lipinski definition) is 1. The predicted octanol–water partition coefficient (Wildman–Crippen LogP) is 3.52. The lowest BCUT2D eigenvalue weighted by molar-refractivity contribution is -0.117. The van der Waals surface area contributed by atoms with Gasteiger partial charge in [-0.25, -0.2) is 0 Å². The average molecular weight is 396 g/mol. The average Bonchev–Trinajstić information content (AvgIpc) is 2.72. The molecule has 0 atom stereocenters. The summed E-state index contributed by atoms with van der Waals surface area (Å²) < 4.78 is 5.45. The van der Waals surface area contributed by atoms with Gasteiger partial charge in [-0.1, -0.05) is 24.3 Å². The number of ether oxygens (including phenoxy) is 1. The normalized spacial score (nSPS) is 13.8. The molecule has 6 heteroatoms. The Bertz CT molecular complexity index is 875. The Balaban J connectivity index is 1.72. The molecule has 0 aliphatic carbocycles. The maximum absolute atomic E-state index is 12.5. The second-order valence-electron chi connectivity index (χ2n) is 7.30. The van der Waals surface area contributed by atoms with Gasteiger partial charge in [0.2, 0.25) is 11.8 Å². The number of nitrogens with zero attached hydrogens (tertiary/aromatic N) is 2. The van der Waals surface area contributed by atoms with Gasteiger partial charge < -0.3 is 19.9 Å². The van der Waals surface area contributed by atoms with Crippen LogP contribution in [-0.4, -0.2) is 44.7 Å². The molecule has 2 aromatic carbocycles. The summed E-state index contributed by atoms with van der Waals surface area (Å²) in [5.41, 5.74) is 4.84. The van der Waals surface area contributed by atoms with Crippen LogP contribution in [0.1, 0.15) is 24.5 Å². The highest BCUT2D eigenvalue weighted by Gasteiger charge is 2.21. The van der Waals surface area contributed by atoms with Crippen LogP contribution in [0.4, 0.5) is 17.1 Å². The predicted molar refractivity (Wildman–Crippen MR) is 117 cm³/mol. The molecule has 154 valence electrons. The molecule has 1 aliphatic rings. The molecule has 3 rings (SSSR count). The van der Waals surface area contributed by atoms with E-state index >= 15 is 0 Å². The smallest absolute Gasteiger partial charge is 0.226 e. The van der Waals surface area contributed by atoms with Crippen molar-refractivity contribution in [2.24, 2.45) is 0 Å². The van der Waals surface area contributed by atoms with Crippen LogP contribution >= 0.6 is 0 Å². The number of benzene rings is 2. The molecule has 0 radical (unpaired) electrons. The standard InChI is InChI=1S/C23H29N3O3/c1-17-7-6-8-20(18(17)2)24-23(28)11-12-26(19(3)27)22-10-5-4-9-21(22)25-13-15-29-16-14-25/h4-10H,11-16H2,1-3H3,(H,24,28). The van der Waals surface area contributed by atoms with Gasteiger partial charge >= 0.3 is 0 Å². The SMILES string of the molecule is CC(=O)N(CCC(=O)Nc1cccc(C)c1C)c1ccccc1N1CCOCC1. The van der Waals surface area contributed by atoms with Gasteiger partial charge in [0.25, 0.3) is 0 Å². The molecule has 6 nitrogen and oxygen atoms in total. The minimum atomic E-state index is -0.103. The summed E-state index contributed by atoms with van der Waals surface area (Å²) in [5, 5.41) is 2.97. The number of amides is 2. The summed E-state index contributed by atoms with van der Waals surface area (Å²) in [4.78, 5) is 28.9. The van der Waals surface area contributed by atoms with Gasteiger partial charge in [0.15, 0.2) is 0 Å². The summed E-state index contributed by atoms with van der Waals surface area (Å²) in [6.45, 7) is 8.80. The lowest BCUT2D eigenvalue weighted by atomic mass is 10.1. The maximum Gasteiger partial charge on any atom is 0.226 e. The fourth-order valence-corrected chi connectivity index (χ4v) is 3.52. The van der Waals surface area contributed by atoms with Gasteiger partial charge in [0.1, 0.15) is 0 Å². The van der Waals surface area contributed by atoms with Crippen LogP contribution in [0.25, 0.3) is 0 Å². The van der Waals surface area contributed by atoms with Crippen LogP contribution in [0.3, 0.4) is 0 Å². The van der Waals surface area contributed by atoms with E-state index in [-0.39, 0.29) is 18.2 Å². The topological polar surface area (TPSA) is 61.9 Å². The molecule has 0 spiro atoms. The second-order valence-corrected chi connectivity index (χ2v) is 7.30. The van der Waals surface area contributed by atoms with E-state index in [9.17, 15) is 9.59 Å². The first kappa shape index (κ1) is 20.9. The van der Waals surface area contributed by atoms with Crippen LogP contribution < -0.4 is 15.1 Å². The fraction of sp³-hybridized carbons (Fsp3) is 0.391. The van der Waals surface area contributed by atoms with E-state index in [1.165, 1.54) is 0 Å². The van der Waals surface area contributed by atoms with Crippen molar-refractivity contribution >= 4 is 28.9 Å². The van der Waals surface area contributed by atoms with Gasteiger partial charge in [0.05, 0.1) is 24.6 Å². The Kier molecular flexibility index (Phi) is 6.88. The highest BCUT2D eigenvalue weighted by atomic mass is 16.5. The summed E-state index contributed by atoms with van der Waals surface area (Å²) in [6.07, 6.45) is 0.227. The Labute approximate surface area is 172 Å². The van der Waals surface area contributed by atoms with Crippen LogP contribution in [0.5, 0.6) is 0 Å². The molecule has 1 heterocycles. The number of anilines is 3. The van der Waals surface area contributed by atoms with Gasteiger partial charge in [-0.05, 0) is 43.2 Å². The minimum Gasteiger partial charge on any atom is -0.378 e. The number of rotatable bonds is 6. The van der Waals surface area contributed by atoms with Gasteiger partial charge in [0, 0.05) is 38.7 Å². The molecule has 0 aromatic heterocycles. The van der Waals surface area contributed by atoms with Crippen LogP contribution in [0.15, 0.2) is 42.5 Å². The highest BCUT2D eigenvalue weighted by molar-refractivity contribution is 5.97. The first-order valence-corrected chi connectivity index (χ1v) is 10.0. The first-order valence-electron chi connectivity index (χ1n) is 10.0. The largest absolute Gasteiger partial charge is 0.378 e. The minimum absolute atomic E-state index is 0.0785. The highest BCUT2D eigenvalue weighted by Crippen LogP contribution is 2.30. The van der Waals surface area contributed by atoms with Crippen molar-refractivity contribution in [1.82, 2.24) is 0 Å². The molecule has 0 bridgehead atoms. The van der Waals surface area contributed by atoms with Crippen molar-refractivity contribution in [3.63, 3.8) is 0 Å². The second kappa shape index (κ2) is 9.56.